The summed E-state index contributed by atoms with van der Waals surface area (Å²) < 4.78 is 0. The molecule has 0 aromatic carbocycles. The minimum Gasteiger partial charge on any atom is -0.409 e. The number of nitrogens with two attached hydrogens (primary N) is 1. The van der Waals surface area contributed by atoms with Gasteiger partial charge in [0.2, 0.25) is 0 Å². The van der Waals surface area contributed by atoms with Crippen LogP contribution in [0.5, 0.6) is 0 Å². The molecule has 0 aliphatic rings. The van der Waals surface area contributed by atoms with E-state index in [0.717, 1.165) is 0 Å². The van der Waals surface area contributed by atoms with E-state index in [9.17, 15) is 0 Å². The molecule has 0 heterocycles. The molecule has 0 fully saturated rings. The molecule has 4 N–H and O–H groups in total. The van der Waals surface area contributed by atoms with Crippen molar-refractivity contribution < 1.29 is 10.3 Å². The normalized spacial score (nSPS) is 16.6. The third kappa shape index (κ3) is 1.99. The Kier molecular flexibility index (Phi) is 2.15. The maximum Gasteiger partial charge on any atom is 0.167 e. The first-order valence-corrected chi connectivity index (χ1v) is 1.84. The summed E-state index contributed by atoms with van der Waals surface area (Å²) >= 11 is 0. The van der Waals surface area contributed by atoms with Crippen molar-refractivity contribution in [1.29, 1.82) is 0 Å². The number of hydrogen-bond acceptors (Lipinski definition) is 3. The molecule has 42 valence electrons. The lowest BCUT2D eigenvalue weighted by Gasteiger charge is -1.96. The fourth-order valence-electron chi connectivity index (χ4n) is 0.0836. The molecular weight excluding hydrogens is 96.0 g/mol. The SMILES string of the molecule is C[C@@H](O)C(N)=NO. The van der Waals surface area contributed by atoms with Gasteiger partial charge in [-0.15, -0.1) is 0 Å². The Hall–Kier alpha value is -0.770. The Morgan fingerprint density at radius 1 is 1.86 bits per heavy atom. The van der Waals surface area contributed by atoms with Gasteiger partial charge in [0.1, 0.15) is 6.10 Å². The zero-order chi connectivity index (χ0) is 5.86. The number of aliphatic hydroxyl groups is 1. The van der Waals surface area contributed by atoms with Crippen molar-refractivity contribution >= 4 is 5.84 Å². The highest BCUT2D eigenvalue weighted by Crippen LogP contribution is 1.75. The van der Waals surface area contributed by atoms with Gasteiger partial charge >= 0.3 is 0 Å². The smallest absolute Gasteiger partial charge is 0.167 e. The molecule has 0 unspecified atom stereocenters. The molecule has 0 saturated carbocycles. The zero-order valence-electron chi connectivity index (χ0n) is 4.00. The van der Waals surface area contributed by atoms with Crippen LogP contribution in [0.2, 0.25) is 0 Å². The molecule has 7 heavy (non-hydrogen) atoms. The number of aliphatic hydroxyl groups excluding tert-OH is 1. The first-order valence-electron chi connectivity index (χ1n) is 1.84. The average molecular weight is 104 g/mol. The highest BCUT2D eigenvalue weighted by Gasteiger charge is 1.97. The van der Waals surface area contributed by atoms with E-state index >= 15 is 0 Å². The monoisotopic (exact) mass is 104 g/mol. The van der Waals surface area contributed by atoms with E-state index < -0.39 is 6.10 Å². The van der Waals surface area contributed by atoms with Crippen LogP contribution < -0.4 is 5.73 Å². The van der Waals surface area contributed by atoms with Gasteiger partial charge in [-0.2, -0.15) is 0 Å². The average Bonchev–Trinajstić information content (AvgIpc) is 1.65. The van der Waals surface area contributed by atoms with E-state index in [1.54, 1.807) is 0 Å². The van der Waals surface area contributed by atoms with E-state index in [1.807, 2.05) is 0 Å². The molecule has 0 aliphatic heterocycles. The molecule has 1 atom stereocenters. The van der Waals surface area contributed by atoms with Gasteiger partial charge in [0.15, 0.2) is 5.84 Å². The zero-order valence-corrected chi connectivity index (χ0v) is 4.00. The molecular formula is C3H8N2O2. The van der Waals surface area contributed by atoms with Gasteiger partial charge in [-0.3, -0.25) is 0 Å². The quantitative estimate of drug-likeness (QED) is 0.175. The molecule has 0 saturated heterocycles. The number of hydrogen-bond donors (Lipinski definition) is 3. The lowest BCUT2D eigenvalue weighted by atomic mass is 10.4. The fourth-order valence-corrected chi connectivity index (χ4v) is 0.0836. The number of oxime groups is 1. The lowest BCUT2D eigenvalue weighted by Crippen LogP contribution is -2.25. The summed E-state index contributed by atoms with van der Waals surface area (Å²) in [5.74, 6) is -0.167. The molecule has 0 spiro atoms. The Labute approximate surface area is 41.2 Å². The first-order chi connectivity index (χ1) is 3.18. The van der Waals surface area contributed by atoms with Crippen LogP contribution in [0.1, 0.15) is 6.92 Å². The third-order valence-corrected chi connectivity index (χ3v) is 0.544. The van der Waals surface area contributed by atoms with Crippen molar-refractivity contribution in [3.05, 3.63) is 0 Å². The number of amidine groups is 1. The number of nitrogens with zero attached hydrogens (tertiary/aromatic N) is 1. The molecule has 0 aromatic heterocycles. The molecule has 0 aliphatic carbocycles. The van der Waals surface area contributed by atoms with Crippen molar-refractivity contribution in [2.75, 3.05) is 0 Å². The predicted molar refractivity (Wildman–Crippen MR) is 25.1 cm³/mol. The molecule has 0 rings (SSSR count). The van der Waals surface area contributed by atoms with Gasteiger partial charge in [-0.1, -0.05) is 5.16 Å². The van der Waals surface area contributed by atoms with E-state index in [0.29, 0.717) is 0 Å². The third-order valence-electron chi connectivity index (χ3n) is 0.544. The number of rotatable bonds is 1. The van der Waals surface area contributed by atoms with Crippen molar-refractivity contribution in [1.82, 2.24) is 0 Å². The van der Waals surface area contributed by atoms with Crippen molar-refractivity contribution in [3.8, 4) is 0 Å². The van der Waals surface area contributed by atoms with Crippen molar-refractivity contribution in [2.24, 2.45) is 10.9 Å². The van der Waals surface area contributed by atoms with E-state index in [1.165, 1.54) is 6.92 Å². The van der Waals surface area contributed by atoms with E-state index in [4.69, 9.17) is 16.0 Å². The van der Waals surface area contributed by atoms with Gasteiger partial charge in [-0.25, -0.2) is 0 Å². The van der Waals surface area contributed by atoms with Gasteiger partial charge in [-0.05, 0) is 6.92 Å². The van der Waals surface area contributed by atoms with Crippen LogP contribution in [0.3, 0.4) is 0 Å². The van der Waals surface area contributed by atoms with Gasteiger partial charge in [0.05, 0.1) is 0 Å². The predicted octanol–water partition coefficient (Wildman–Crippen LogP) is -0.886. The summed E-state index contributed by atoms with van der Waals surface area (Å²) in [6.45, 7) is 1.41. The highest BCUT2D eigenvalue weighted by molar-refractivity contribution is 5.83. The minimum atomic E-state index is -0.856. The second-order valence-electron chi connectivity index (χ2n) is 1.20. The second kappa shape index (κ2) is 2.41. The Morgan fingerprint density at radius 2 is 2.29 bits per heavy atom. The standard InChI is InChI=1S/C3H8N2O2/c1-2(6)3(4)5-7/h2,6-7H,1H3,(H2,4,5)/t2-/m1/s1. The van der Waals surface area contributed by atoms with Crippen LogP contribution in [0.25, 0.3) is 0 Å². The molecule has 0 aromatic rings. The van der Waals surface area contributed by atoms with Crippen LogP contribution >= 0.6 is 0 Å². The molecule has 0 radical (unpaired) electrons. The first kappa shape index (κ1) is 6.23. The van der Waals surface area contributed by atoms with Crippen molar-refractivity contribution in [3.63, 3.8) is 0 Å². The van der Waals surface area contributed by atoms with E-state index in [-0.39, 0.29) is 5.84 Å². The van der Waals surface area contributed by atoms with E-state index in [2.05, 4.69) is 5.16 Å². The molecule has 0 bridgehead atoms. The lowest BCUT2D eigenvalue weighted by molar-refractivity contribution is 0.246. The maximum atomic E-state index is 8.41. The summed E-state index contributed by atoms with van der Waals surface area (Å²) in [4.78, 5) is 0. The van der Waals surface area contributed by atoms with Gasteiger partial charge in [0, 0.05) is 0 Å². The summed E-state index contributed by atoms with van der Waals surface area (Å²) in [6, 6.07) is 0. The second-order valence-corrected chi connectivity index (χ2v) is 1.20. The summed E-state index contributed by atoms with van der Waals surface area (Å²) in [5, 5.41) is 18.7. The maximum absolute atomic E-state index is 8.41. The summed E-state index contributed by atoms with van der Waals surface area (Å²) in [5.41, 5.74) is 4.87. The van der Waals surface area contributed by atoms with Crippen LogP contribution in [0.4, 0.5) is 0 Å². The minimum absolute atomic E-state index is 0.167. The van der Waals surface area contributed by atoms with Crippen LogP contribution in [0.15, 0.2) is 5.16 Å². The molecule has 4 nitrogen and oxygen atoms in total. The fraction of sp³-hybridized carbons (Fsp3) is 0.667. The summed E-state index contributed by atoms with van der Waals surface area (Å²) in [6.07, 6.45) is -0.856. The van der Waals surface area contributed by atoms with Crippen LogP contribution in [-0.2, 0) is 0 Å². The van der Waals surface area contributed by atoms with Gasteiger partial charge in [0.25, 0.3) is 0 Å². The van der Waals surface area contributed by atoms with Crippen LogP contribution in [-0.4, -0.2) is 22.3 Å². The largest absolute Gasteiger partial charge is 0.409 e. The van der Waals surface area contributed by atoms with Crippen molar-refractivity contribution in [2.45, 2.75) is 13.0 Å². The topological polar surface area (TPSA) is 78.8 Å². The van der Waals surface area contributed by atoms with Gasteiger partial charge < -0.3 is 16.0 Å². The highest BCUT2D eigenvalue weighted by atomic mass is 16.4. The Morgan fingerprint density at radius 3 is 2.29 bits per heavy atom. The molecule has 4 heteroatoms. The molecule has 0 amide bonds. The Bertz CT molecular complexity index is 79.0. The summed E-state index contributed by atoms with van der Waals surface area (Å²) in [7, 11) is 0. The van der Waals surface area contributed by atoms with Crippen LogP contribution in [0, 0.1) is 0 Å². The Balaban J connectivity index is 3.56.